The van der Waals surface area contributed by atoms with Crippen LogP contribution in [0.15, 0.2) is 66.7 Å². The highest BCUT2D eigenvalue weighted by Gasteiger charge is 2.59. The minimum absolute atomic E-state index is 0.147. The number of rotatable bonds is 4. The van der Waals surface area contributed by atoms with Gasteiger partial charge in [-0.15, -0.1) is 11.8 Å². The molecular weight excluding hydrogens is 439 g/mol. The molecule has 2 aliphatic rings. The molecule has 33 heavy (non-hydrogen) atoms. The van der Waals surface area contributed by atoms with Crippen molar-refractivity contribution in [2.75, 3.05) is 24.3 Å². The molecule has 168 valence electrons. The molecule has 0 N–H and O–H groups in total. The van der Waals surface area contributed by atoms with Gasteiger partial charge in [0.05, 0.1) is 19.3 Å². The van der Waals surface area contributed by atoms with E-state index in [1.54, 1.807) is 53.3 Å². The van der Waals surface area contributed by atoms with Gasteiger partial charge in [-0.25, -0.2) is 4.39 Å². The van der Waals surface area contributed by atoms with Gasteiger partial charge in [0, 0.05) is 23.4 Å². The van der Waals surface area contributed by atoms with E-state index >= 15 is 0 Å². The van der Waals surface area contributed by atoms with E-state index in [1.807, 2.05) is 25.1 Å². The Morgan fingerprint density at radius 1 is 1.12 bits per heavy atom. The van der Waals surface area contributed by atoms with Crippen LogP contribution < -0.4 is 9.64 Å². The summed E-state index contributed by atoms with van der Waals surface area (Å²) in [6, 6.07) is 19.1. The van der Waals surface area contributed by atoms with Gasteiger partial charge in [-0.05, 0) is 48.9 Å². The van der Waals surface area contributed by atoms with E-state index in [9.17, 15) is 14.0 Å². The van der Waals surface area contributed by atoms with Crippen LogP contribution in [-0.4, -0.2) is 36.1 Å². The number of anilines is 1. The van der Waals surface area contributed by atoms with Crippen molar-refractivity contribution >= 4 is 29.3 Å². The zero-order chi connectivity index (χ0) is 23.2. The fourth-order valence-electron chi connectivity index (χ4n) is 4.57. The molecule has 5 nitrogen and oxygen atoms in total. The Bertz CT molecular complexity index is 1250. The van der Waals surface area contributed by atoms with Crippen molar-refractivity contribution in [1.82, 2.24) is 4.90 Å². The van der Waals surface area contributed by atoms with Crippen LogP contribution in [0.1, 0.15) is 27.0 Å². The van der Waals surface area contributed by atoms with Crippen LogP contribution >= 0.6 is 11.8 Å². The molecule has 3 aromatic carbocycles. The maximum Gasteiger partial charge on any atom is 0.268 e. The predicted molar refractivity (Wildman–Crippen MR) is 127 cm³/mol. The van der Waals surface area contributed by atoms with E-state index in [2.05, 4.69) is 0 Å². The van der Waals surface area contributed by atoms with Crippen molar-refractivity contribution in [2.24, 2.45) is 0 Å². The summed E-state index contributed by atoms with van der Waals surface area (Å²) < 4.78 is 18.7. The van der Waals surface area contributed by atoms with Crippen LogP contribution in [-0.2, 0) is 16.2 Å². The first-order valence-corrected chi connectivity index (χ1v) is 11.7. The average molecular weight is 463 g/mol. The maximum absolute atomic E-state index is 14.1. The maximum atomic E-state index is 14.1. The molecule has 7 heteroatoms. The first-order valence-electron chi connectivity index (χ1n) is 10.7. The first-order chi connectivity index (χ1) is 15.9. The summed E-state index contributed by atoms with van der Waals surface area (Å²) in [5.41, 5.74) is 3.93. The molecule has 1 fully saturated rings. The van der Waals surface area contributed by atoms with Crippen LogP contribution in [0.3, 0.4) is 0 Å². The normalized spacial score (nSPS) is 19.3. The zero-order valence-electron chi connectivity index (χ0n) is 18.4. The largest absolute Gasteiger partial charge is 0.497 e. The number of hydrogen-bond acceptors (Lipinski definition) is 4. The second-order valence-electron chi connectivity index (χ2n) is 8.22. The van der Waals surface area contributed by atoms with Crippen LogP contribution in [0.25, 0.3) is 0 Å². The minimum atomic E-state index is -1.12. The topological polar surface area (TPSA) is 49.9 Å². The van der Waals surface area contributed by atoms with Gasteiger partial charge >= 0.3 is 0 Å². The lowest BCUT2D eigenvalue weighted by Crippen LogP contribution is -2.50. The lowest BCUT2D eigenvalue weighted by Gasteiger charge is -2.33. The van der Waals surface area contributed by atoms with Crippen LogP contribution in [0, 0.1) is 12.7 Å². The summed E-state index contributed by atoms with van der Waals surface area (Å²) >= 11 is 1.49. The molecule has 1 atom stereocenters. The van der Waals surface area contributed by atoms with Gasteiger partial charge in [0.15, 0.2) is 4.87 Å². The molecule has 1 spiro atoms. The summed E-state index contributed by atoms with van der Waals surface area (Å²) in [5, 5.41) is 0. The number of hydrogen-bond donors (Lipinski definition) is 0. The van der Waals surface area contributed by atoms with E-state index in [1.165, 1.54) is 23.9 Å². The molecule has 5 rings (SSSR count). The number of aryl methyl sites for hydroxylation is 1. The van der Waals surface area contributed by atoms with Crippen molar-refractivity contribution in [2.45, 2.75) is 18.3 Å². The molecule has 0 radical (unpaired) electrons. The number of thioether (sulfide) groups is 1. The highest BCUT2D eigenvalue weighted by atomic mass is 32.2. The molecule has 2 aliphatic heterocycles. The lowest BCUT2D eigenvalue weighted by atomic mass is 10.0. The molecule has 0 saturated carbocycles. The van der Waals surface area contributed by atoms with Gasteiger partial charge in [-0.3, -0.25) is 9.59 Å². The van der Waals surface area contributed by atoms with Crippen molar-refractivity contribution in [3.05, 3.63) is 94.8 Å². The molecular formula is C26H23FN2O3S. The highest BCUT2D eigenvalue weighted by molar-refractivity contribution is 8.01. The Labute approximate surface area is 196 Å². The average Bonchev–Trinajstić information content (AvgIpc) is 3.37. The Morgan fingerprint density at radius 3 is 2.67 bits per heavy atom. The number of benzene rings is 3. The van der Waals surface area contributed by atoms with E-state index < -0.39 is 4.87 Å². The van der Waals surface area contributed by atoms with Crippen LogP contribution in [0.2, 0.25) is 0 Å². The monoisotopic (exact) mass is 462 g/mol. The number of halogens is 1. The summed E-state index contributed by atoms with van der Waals surface area (Å²) in [6.45, 7) is 2.75. The van der Waals surface area contributed by atoms with Crippen molar-refractivity contribution in [3.8, 4) is 5.75 Å². The second-order valence-corrected chi connectivity index (χ2v) is 9.51. The van der Waals surface area contributed by atoms with Gasteiger partial charge in [-0.2, -0.15) is 0 Å². The number of methoxy groups -OCH3 is 1. The molecule has 1 saturated heterocycles. The molecule has 2 amide bonds. The number of carbonyl (C=O) groups excluding carboxylic acids is 2. The van der Waals surface area contributed by atoms with E-state index in [-0.39, 0.29) is 17.6 Å². The summed E-state index contributed by atoms with van der Waals surface area (Å²) in [7, 11) is 1.56. The van der Waals surface area contributed by atoms with Gasteiger partial charge < -0.3 is 14.5 Å². The highest BCUT2D eigenvalue weighted by Crippen LogP contribution is 2.55. The standard InChI is InChI=1S/C26H23FN2O3S/c1-17-6-11-23-22(14-17)26(25(31)28(23)16-18-7-9-20(27)10-8-18)29(12-13-33-26)24(30)19-4-3-5-21(15-19)32-2/h3-11,14-15H,12-13,16H2,1-2H3/t26-/m0/s1. The number of ether oxygens (including phenoxy) is 1. The Kier molecular flexibility index (Phi) is 5.37. The van der Waals surface area contributed by atoms with Gasteiger partial charge in [0.2, 0.25) is 0 Å². The van der Waals surface area contributed by atoms with Crippen LogP contribution in [0.4, 0.5) is 10.1 Å². The predicted octanol–water partition coefficient (Wildman–Crippen LogP) is 4.73. The second kappa shape index (κ2) is 8.23. The summed E-state index contributed by atoms with van der Waals surface area (Å²) in [4.78, 5) is 30.0. The number of carbonyl (C=O) groups is 2. The third kappa shape index (κ3) is 3.47. The fraction of sp³-hybridized carbons (Fsp3) is 0.231. The molecule has 0 aliphatic carbocycles. The minimum Gasteiger partial charge on any atom is -0.497 e. The number of fused-ring (bicyclic) bond motifs is 2. The van der Waals surface area contributed by atoms with Crippen molar-refractivity contribution in [3.63, 3.8) is 0 Å². The molecule has 2 heterocycles. The molecule has 0 unspecified atom stereocenters. The SMILES string of the molecule is COc1cccc(C(=O)N2CCS[C@@]23C(=O)N(Cc2ccc(F)cc2)c2ccc(C)cc23)c1. The molecule has 0 aromatic heterocycles. The Balaban J connectivity index is 1.58. The third-order valence-electron chi connectivity index (χ3n) is 6.16. The summed E-state index contributed by atoms with van der Waals surface area (Å²) in [6.07, 6.45) is 0. The quantitative estimate of drug-likeness (QED) is 0.563. The van der Waals surface area contributed by atoms with E-state index in [0.717, 1.165) is 22.4 Å². The van der Waals surface area contributed by atoms with Crippen LogP contribution in [0.5, 0.6) is 5.75 Å². The van der Waals surface area contributed by atoms with Gasteiger partial charge in [-0.1, -0.05) is 35.9 Å². The fourth-order valence-corrected chi connectivity index (χ4v) is 6.02. The van der Waals surface area contributed by atoms with Gasteiger partial charge in [0.1, 0.15) is 11.6 Å². The first kappa shape index (κ1) is 21.5. The zero-order valence-corrected chi connectivity index (χ0v) is 19.2. The number of nitrogens with zero attached hydrogens (tertiary/aromatic N) is 2. The van der Waals surface area contributed by atoms with Gasteiger partial charge in [0.25, 0.3) is 11.8 Å². The lowest BCUT2D eigenvalue weighted by molar-refractivity contribution is -0.123. The molecule has 0 bridgehead atoms. The Morgan fingerprint density at radius 2 is 1.91 bits per heavy atom. The summed E-state index contributed by atoms with van der Waals surface area (Å²) in [5.74, 6) is 0.572. The molecule has 3 aromatic rings. The van der Waals surface area contributed by atoms with E-state index in [0.29, 0.717) is 30.2 Å². The van der Waals surface area contributed by atoms with E-state index in [4.69, 9.17) is 4.74 Å². The Hall–Kier alpha value is -3.32. The number of amides is 2. The van der Waals surface area contributed by atoms with Crippen molar-refractivity contribution < 1.29 is 18.7 Å². The smallest absolute Gasteiger partial charge is 0.268 e. The third-order valence-corrected chi connectivity index (χ3v) is 7.58. The van der Waals surface area contributed by atoms with Crippen molar-refractivity contribution in [1.29, 1.82) is 0 Å².